The molecule has 0 fully saturated rings. The van der Waals surface area contributed by atoms with E-state index < -0.39 is 0 Å². The van der Waals surface area contributed by atoms with Crippen molar-refractivity contribution in [2.45, 2.75) is 32.1 Å². The van der Waals surface area contributed by atoms with E-state index in [1.165, 1.54) is 11.1 Å². The fourth-order valence-corrected chi connectivity index (χ4v) is 4.02. The summed E-state index contributed by atoms with van der Waals surface area (Å²) in [4.78, 5) is 12.5. The number of hydrogen-bond acceptors (Lipinski definition) is 2. The molecule has 29 heavy (non-hydrogen) atoms. The van der Waals surface area contributed by atoms with Crippen LogP contribution in [0.2, 0.25) is 0 Å². The van der Waals surface area contributed by atoms with Crippen molar-refractivity contribution in [3.05, 3.63) is 107 Å². The summed E-state index contributed by atoms with van der Waals surface area (Å²) in [6, 6.07) is 28.6. The monoisotopic (exact) mass is 382 g/mol. The first-order valence-corrected chi connectivity index (χ1v) is 10.3. The van der Waals surface area contributed by atoms with Crippen molar-refractivity contribution in [3.8, 4) is 0 Å². The summed E-state index contributed by atoms with van der Waals surface area (Å²) in [6.45, 7) is 0. The van der Waals surface area contributed by atoms with Crippen LogP contribution in [-0.4, -0.2) is 11.6 Å². The van der Waals surface area contributed by atoms with Gasteiger partial charge < -0.3 is 0 Å². The van der Waals surface area contributed by atoms with Crippen LogP contribution in [0.25, 0.3) is 0 Å². The molecule has 0 radical (unpaired) electrons. The first kappa shape index (κ1) is 19.1. The highest BCUT2D eigenvalue weighted by Gasteiger charge is 2.19. The molecule has 4 rings (SSSR count). The van der Waals surface area contributed by atoms with Gasteiger partial charge in [0.1, 0.15) is 0 Å². The standard InChI is InChI=1S/C26H26N2O/c29-25(18-16-20-15-17-21-9-7-8-14-24(21)19-20)27-28-26(22-10-3-1-4-11-22)23-12-5-2-6-13-23/h1-14,20H,15-19H2,(H,27,29). The normalized spacial score (nSPS) is 15.2. The van der Waals surface area contributed by atoms with E-state index in [0.29, 0.717) is 12.3 Å². The molecule has 3 aromatic rings. The van der Waals surface area contributed by atoms with Gasteiger partial charge in [-0.05, 0) is 42.7 Å². The van der Waals surface area contributed by atoms with Gasteiger partial charge in [-0.25, -0.2) is 5.43 Å². The number of amides is 1. The van der Waals surface area contributed by atoms with Gasteiger partial charge in [0.2, 0.25) is 5.91 Å². The zero-order chi connectivity index (χ0) is 19.9. The quantitative estimate of drug-likeness (QED) is 0.465. The number of rotatable bonds is 6. The number of nitrogens with zero attached hydrogens (tertiary/aromatic N) is 1. The zero-order valence-electron chi connectivity index (χ0n) is 16.6. The van der Waals surface area contributed by atoms with Gasteiger partial charge in [-0.2, -0.15) is 5.10 Å². The van der Waals surface area contributed by atoms with Gasteiger partial charge in [-0.15, -0.1) is 0 Å². The highest BCUT2D eigenvalue weighted by Crippen LogP contribution is 2.28. The predicted octanol–water partition coefficient (Wildman–Crippen LogP) is 5.14. The maximum Gasteiger partial charge on any atom is 0.240 e. The summed E-state index contributed by atoms with van der Waals surface area (Å²) in [5.41, 5.74) is 8.46. The van der Waals surface area contributed by atoms with Crippen LogP contribution in [0.1, 0.15) is 41.5 Å². The fourth-order valence-electron chi connectivity index (χ4n) is 4.02. The zero-order valence-corrected chi connectivity index (χ0v) is 16.6. The second-order valence-electron chi connectivity index (χ2n) is 7.64. The Bertz CT molecular complexity index is 938. The molecule has 0 aliphatic heterocycles. The minimum Gasteiger partial charge on any atom is -0.273 e. The van der Waals surface area contributed by atoms with Crippen LogP contribution in [0.15, 0.2) is 90.0 Å². The molecule has 1 aliphatic rings. The largest absolute Gasteiger partial charge is 0.273 e. The lowest BCUT2D eigenvalue weighted by Crippen LogP contribution is -2.22. The second-order valence-corrected chi connectivity index (χ2v) is 7.64. The Morgan fingerprint density at radius 2 is 1.41 bits per heavy atom. The summed E-state index contributed by atoms with van der Waals surface area (Å²) in [6.07, 6.45) is 4.76. The highest BCUT2D eigenvalue weighted by atomic mass is 16.2. The minimum absolute atomic E-state index is 0.0202. The number of carbonyl (C=O) groups excluding carboxylic acids is 1. The number of aryl methyl sites for hydroxylation is 1. The first-order chi connectivity index (χ1) is 14.3. The molecule has 0 heterocycles. The second kappa shape index (κ2) is 9.33. The third-order valence-electron chi connectivity index (χ3n) is 5.62. The molecule has 0 spiro atoms. The Labute approximate surface area is 172 Å². The van der Waals surface area contributed by atoms with Crippen LogP contribution < -0.4 is 5.43 Å². The number of hydrazone groups is 1. The molecule has 1 aliphatic carbocycles. The first-order valence-electron chi connectivity index (χ1n) is 10.3. The average Bonchev–Trinajstić information content (AvgIpc) is 2.79. The van der Waals surface area contributed by atoms with Crippen molar-refractivity contribution in [2.75, 3.05) is 0 Å². The van der Waals surface area contributed by atoms with Crippen molar-refractivity contribution in [1.82, 2.24) is 5.43 Å². The Balaban J connectivity index is 1.38. The average molecular weight is 383 g/mol. The molecular weight excluding hydrogens is 356 g/mol. The molecule has 0 saturated carbocycles. The summed E-state index contributed by atoms with van der Waals surface area (Å²) in [7, 11) is 0. The van der Waals surface area contributed by atoms with E-state index in [0.717, 1.165) is 42.5 Å². The van der Waals surface area contributed by atoms with Crippen LogP contribution in [0.3, 0.4) is 0 Å². The fraction of sp³-hybridized carbons (Fsp3) is 0.231. The van der Waals surface area contributed by atoms with Crippen LogP contribution in [-0.2, 0) is 17.6 Å². The van der Waals surface area contributed by atoms with Crippen molar-refractivity contribution in [2.24, 2.45) is 11.0 Å². The molecule has 3 aromatic carbocycles. The number of nitrogens with one attached hydrogen (secondary N) is 1. The van der Waals surface area contributed by atoms with Crippen molar-refractivity contribution in [1.29, 1.82) is 0 Å². The maximum absolute atomic E-state index is 12.5. The van der Waals surface area contributed by atoms with Crippen LogP contribution in [0.5, 0.6) is 0 Å². The lowest BCUT2D eigenvalue weighted by molar-refractivity contribution is -0.121. The molecule has 1 N–H and O–H groups in total. The molecule has 1 atom stereocenters. The van der Waals surface area contributed by atoms with E-state index >= 15 is 0 Å². The SMILES string of the molecule is O=C(CCC1CCc2ccccc2C1)NN=C(c1ccccc1)c1ccccc1. The van der Waals surface area contributed by atoms with Gasteiger partial charge in [-0.1, -0.05) is 84.9 Å². The number of hydrogen-bond donors (Lipinski definition) is 1. The van der Waals surface area contributed by atoms with E-state index in [1.807, 2.05) is 60.7 Å². The van der Waals surface area contributed by atoms with Crippen LogP contribution in [0, 0.1) is 5.92 Å². The van der Waals surface area contributed by atoms with Crippen LogP contribution in [0.4, 0.5) is 0 Å². The molecule has 1 amide bonds. The van der Waals surface area contributed by atoms with E-state index in [2.05, 4.69) is 34.8 Å². The van der Waals surface area contributed by atoms with Gasteiger partial charge in [0.25, 0.3) is 0 Å². The Kier molecular flexibility index (Phi) is 6.16. The predicted molar refractivity (Wildman–Crippen MR) is 118 cm³/mol. The van der Waals surface area contributed by atoms with Crippen molar-refractivity contribution >= 4 is 11.6 Å². The van der Waals surface area contributed by atoms with Gasteiger partial charge in [-0.3, -0.25) is 4.79 Å². The molecule has 1 unspecified atom stereocenters. The summed E-state index contributed by atoms with van der Waals surface area (Å²) >= 11 is 0. The Morgan fingerprint density at radius 1 is 0.828 bits per heavy atom. The van der Waals surface area contributed by atoms with E-state index in [-0.39, 0.29) is 5.91 Å². The lowest BCUT2D eigenvalue weighted by Gasteiger charge is -2.24. The van der Waals surface area contributed by atoms with Gasteiger partial charge in [0.05, 0.1) is 5.71 Å². The molecule has 146 valence electrons. The smallest absolute Gasteiger partial charge is 0.240 e. The van der Waals surface area contributed by atoms with Crippen molar-refractivity contribution < 1.29 is 4.79 Å². The van der Waals surface area contributed by atoms with Gasteiger partial charge >= 0.3 is 0 Å². The topological polar surface area (TPSA) is 41.5 Å². The van der Waals surface area contributed by atoms with Crippen molar-refractivity contribution in [3.63, 3.8) is 0 Å². The molecule has 3 nitrogen and oxygen atoms in total. The maximum atomic E-state index is 12.5. The van der Waals surface area contributed by atoms with Gasteiger partial charge in [0, 0.05) is 17.5 Å². The lowest BCUT2D eigenvalue weighted by atomic mass is 9.82. The molecular formula is C26H26N2O. The number of carbonyl (C=O) groups is 1. The summed E-state index contributed by atoms with van der Waals surface area (Å²) in [5.74, 6) is 0.551. The summed E-state index contributed by atoms with van der Waals surface area (Å²) < 4.78 is 0. The van der Waals surface area contributed by atoms with E-state index in [4.69, 9.17) is 0 Å². The Morgan fingerprint density at radius 3 is 2.07 bits per heavy atom. The molecule has 0 saturated heterocycles. The van der Waals surface area contributed by atoms with Gasteiger partial charge in [0.15, 0.2) is 0 Å². The van der Waals surface area contributed by atoms with E-state index in [9.17, 15) is 4.79 Å². The third kappa shape index (κ3) is 5.00. The number of benzene rings is 3. The Hall–Kier alpha value is -3.20. The van der Waals surface area contributed by atoms with Crippen LogP contribution >= 0.6 is 0 Å². The third-order valence-corrected chi connectivity index (χ3v) is 5.62. The molecule has 3 heteroatoms. The van der Waals surface area contributed by atoms with E-state index in [1.54, 1.807) is 0 Å². The minimum atomic E-state index is -0.0202. The molecule has 0 aromatic heterocycles. The highest BCUT2D eigenvalue weighted by molar-refractivity contribution is 6.13. The number of fused-ring (bicyclic) bond motifs is 1. The molecule has 0 bridgehead atoms. The summed E-state index contributed by atoms with van der Waals surface area (Å²) in [5, 5.41) is 4.48.